The average molecular weight is 318 g/mol. The highest BCUT2D eigenvalue weighted by Crippen LogP contribution is 2.32. The normalized spacial score (nSPS) is 24.4. The molecular formula is C18H26N2O3. The molecule has 1 aromatic carbocycles. The number of carbonyl (C=O) groups is 1. The second-order valence-corrected chi connectivity index (χ2v) is 6.63. The fourth-order valence-corrected chi connectivity index (χ4v) is 3.42. The lowest BCUT2D eigenvalue weighted by Gasteiger charge is -2.24. The van der Waals surface area contributed by atoms with E-state index in [0.29, 0.717) is 12.5 Å². The Kier molecular flexibility index (Phi) is 5.18. The van der Waals surface area contributed by atoms with Crippen molar-refractivity contribution in [1.82, 2.24) is 0 Å². The molecular weight excluding hydrogens is 292 g/mol. The zero-order valence-corrected chi connectivity index (χ0v) is 14.0. The number of fused-ring (bicyclic) bond motifs is 1. The average Bonchev–Trinajstić information content (AvgIpc) is 3.01. The van der Waals surface area contributed by atoms with Crippen LogP contribution in [0.25, 0.3) is 0 Å². The minimum absolute atomic E-state index is 0.0256. The summed E-state index contributed by atoms with van der Waals surface area (Å²) in [6, 6.07) is 8.08. The Morgan fingerprint density at radius 1 is 1.30 bits per heavy atom. The van der Waals surface area contributed by atoms with E-state index in [2.05, 4.69) is 24.9 Å². The molecule has 2 atom stereocenters. The van der Waals surface area contributed by atoms with Crippen LogP contribution in [0, 0.1) is 5.92 Å². The number of para-hydroxylation sites is 2. The van der Waals surface area contributed by atoms with Crippen molar-refractivity contribution in [1.29, 1.82) is 0 Å². The van der Waals surface area contributed by atoms with Gasteiger partial charge in [-0.25, -0.2) is 0 Å². The van der Waals surface area contributed by atoms with Gasteiger partial charge in [0, 0.05) is 26.7 Å². The van der Waals surface area contributed by atoms with Crippen molar-refractivity contribution in [3.63, 3.8) is 0 Å². The van der Waals surface area contributed by atoms with Crippen LogP contribution in [0.5, 0.6) is 0 Å². The lowest BCUT2D eigenvalue weighted by Crippen LogP contribution is -2.37. The third-order valence-electron chi connectivity index (χ3n) is 4.52. The van der Waals surface area contributed by atoms with Crippen LogP contribution in [-0.2, 0) is 14.3 Å². The first-order chi connectivity index (χ1) is 11.1. The Hall–Kier alpha value is -1.59. The van der Waals surface area contributed by atoms with E-state index in [1.807, 2.05) is 23.1 Å². The largest absolute Gasteiger partial charge is 0.376 e. The molecule has 2 aliphatic rings. The summed E-state index contributed by atoms with van der Waals surface area (Å²) in [5.41, 5.74) is 2.08. The van der Waals surface area contributed by atoms with Crippen LogP contribution in [0.2, 0.25) is 0 Å². The van der Waals surface area contributed by atoms with Crippen molar-refractivity contribution < 1.29 is 14.3 Å². The minimum Gasteiger partial charge on any atom is -0.376 e. The van der Waals surface area contributed by atoms with E-state index in [0.717, 1.165) is 43.9 Å². The smallest absolute Gasteiger partial charge is 0.253 e. The zero-order valence-electron chi connectivity index (χ0n) is 14.0. The van der Waals surface area contributed by atoms with Gasteiger partial charge in [0.15, 0.2) is 0 Å². The number of hydrogen-bond acceptors (Lipinski definition) is 4. The SMILES string of the molecule is C[C@H]1CN(C)c2ccccc2N(C(=O)COC[C@H]2CCCO2)C1. The first-order valence-corrected chi connectivity index (χ1v) is 8.45. The third-order valence-corrected chi connectivity index (χ3v) is 4.52. The first kappa shape index (κ1) is 16.3. The van der Waals surface area contributed by atoms with Crippen molar-refractivity contribution in [2.75, 3.05) is 49.8 Å². The van der Waals surface area contributed by atoms with Crippen LogP contribution < -0.4 is 9.80 Å². The van der Waals surface area contributed by atoms with Crippen molar-refractivity contribution in [3.8, 4) is 0 Å². The monoisotopic (exact) mass is 318 g/mol. The maximum absolute atomic E-state index is 12.7. The summed E-state index contributed by atoms with van der Waals surface area (Å²) < 4.78 is 11.2. The standard InChI is InChI=1S/C18H26N2O3/c1-14-10-19(2)16-7-3-4-8-17(16)20(11-14)18(21)13-22-12-15-6-5-9-23-15/h3-4,7-8,14-15H,5-6,9-13H2,1-2H3/t14-,15+/m0/s1. The Bertz CT molecular complexity index is 543. The summed E-state index contributed by atoms with van der Waals surface area (Å²) in [4.78, 5) is 16.8. The molecule has 1 fully saturated rings. The summed E-state index contributed by atoms with van der Waals surface area (Å²) >= 11 is 0. The van der Waals surface area contributed by atoms with Crippen molar-refractivity contribution in [2.24, 2.45) is 5.92 Å². The minimum atomic E-state index is 0.0256. The van der Waals surface area contributed by atoms with Gasteiger partial charge < -0.3 is 19.3 Å². The Labute approximate surface area is 138 Å². The summed E-state index contributed by atoms with van der Waals surface area (Å²) in [5.74, 6) is 0.437. The number of carbonyl (C=O) groups excluding carboxylic acids is 1. The number of rotatable bonds is 4. The summed E-state index contributed by atoms with van der Waals surface area (Å²) in [6.45, 7) is 5.28. The zero-order chi connectivity index (χ0) is 16.2. The van der Waals surface area contributed by atoms with Crippen LogP contribution in [0.3, 0.4) is 0 Å². The molecule has 5 nitrogen and oxygen atoms in total. The highest BCUT2D eigenvalue weighted by molar-refractivity contribution is 5.98. The van der Waals surface area contributed by atoms with Crippen LogP contribution in [-0.4, -0.2) is 52.0 Å². The topological polar surface area (TPSA) is 42.0 Å². The first-order valence-electron chi connectivity index (χ1n) is 8.45. The lowest BCUT2D eigenvalue weighted by molar-refractivity contribution is -0.124. The molecule has 1 aromatic rings. The second-order valence-electron chi connectivity index (χ2n) is 6.63. The molecule has 2 aliphatic heterocycles. The number of benzene rings is 1. The Morgan fingerprint density at radius 3 is 2.83 bits per heavy atom. The van der Waals surface area contributed by atoms with Gasteiger partial charge in [-0.1, -0.05) is 19.1 Å². The van der Waals surface area contributed by atoms with E-state index >= 15 is 0 Å². The van der Waals surface area contributed by atoms with Gasteiger partial charge in [-0.05, 0) is 30.9 Å². The van der Waals surface area contributed by atoms with Gasteiger partial charge in [0.05, 0.1) is 24.1 Å². The van der Waals surface area contributed by atoms with Gasteiger partial charge in [-0.3, -0.25) is 4.79 Å². The molecule has 5 heteroatoms. The lowest BCUT2D eigenvalue weighted by atomic mass is 10.1. The number of anilines is 2. The molecule has 3 rings (SSSR count). The predicted octanol–water partition coefficient (Wildman–Crippen LogP) is 2.30. The number of hydrogen-bond donors (Lipinski definition) is 0. The quantitative estimate of drug-likeness (QED) is 0.854. The van der Waals surface area contributed by atoms with E-state index in [1.54, 1.807) is 0 Å². The molecule has 126 valence electrons. The number of amides is 1. The Morgan fingerprint density at radius 2 is 2.09 bits per heavy atom. The van der Waals surface area contributed by atoms with E-state index in [4.69, 9.17) is 9.47 Å². The molecule has 2 heterocycles. The molecule has 0 radical (unpaired) electrons. The molecule has 0 saturated carbocycles. The van der Waals surface area contributed by atoms with Crippen LogP contribution >= 0.6 is 0 Å². The predicted molar refractivity (Wildman–Crippen MR) is 91.0 cm³/mol. The van der Waals surface area contributed by atoms with Crippen LogP contribution in [0.1, 0.15) is 19.8 Å². The van der Waals surface area contributed by atoms with E-state index in [-0.39, 0.29) is 18.6 Å². The van der Waals surface area contributed by atoms with Crippen molar-refractivity contribution in [2.45, 2.75) is 25.9 Å². The van der Waals surface area contributed by atoms with Gasteiger partial charge in [0.2, 0.25) is 0 Å². The second kappa shape index (κ2) is 7.32. The maximum atomic E-state index is 12.7. The van der Waals surface area contributed by atoms with Gasteiger partial charge in [0.1, 0.15) is 6.61 Å². The molecule has 0 N–H and O–H groups in total. The molecule has 0 bridgehead atoms. The summed E-state index contributed by atoms with van der Waals surface area (Å²) in [5, 5.41) is 0. The van der Waals surface area contributed by atoms with Crippen molar-refractivity contribution in [3.05, 3.63) is 24.3 Å². The van der Waals surface area contributed by atoms with Crippen molar-refractivity contribution >= 4 is 17.3 Å². The third kappa shape index (κ3) is 3.85. The maximum Gasteiger partial charge on any atom is 0.253 e. The van der Waals surface area contributed by atoms with Crippen LogP contribution in [0.15, 0.2) is 24.3 Å². The van der Waals surface area contributed by atoms with Gasteiger partial charge in [-0.15, -0.1) is 0 Å². The summed E-state index contributed by atoms with van der Waals surface area (Å²) in [7, 11) is 2.08. The van der Waals surface area contributed by atoms with Gasteiger partial charge in [-0.2, -0.15) is 0 Å². The fraction of sp³-hybridized carbons (Fsp3) is 0.611. The molecule has 23 heavy (non-hydrogen) atoms. The Balaban J connectivity index is 1.66. The highest BCUT2D eigenvalue weighted by atomic mass is 16.5. The molecule has 0 unspecified atom stereocenters. The summed E-state index contributed by atoms with van der Waals surface area (Å²) in [6.07, 6.45) is 2.28. The number of nitrogens with zero attached hydrogens (tertiary/aromatic N) is 2. The van der Waals surface area contributed by atoms with E-state index < -0.39 is 0 Å². The van der Waals surface area contributed by atoms with E-state index in [1.165, 1.54) is 0 Å². The van der Waals surface area contributed by atoms with E-state index in [9.17, 15) is 4.79 Å². The molecule has 1 amide bonds. The molecule has 0 aliphatic carbocycles. The number of ether oxygens (including phenoxy) is 2. The molecule has 0 spiro atoms. The van der Waals surface area contributed by atoms with Crippen LogP contribution in [0.4, 0.5) is 11.4 Å². The molecule has 0 aromatic heterocycles. The molecule has 1 saturated heterocycles. The highest BCUT2D eigenvalue weighted by Gasteiger charge is 2.26. The van der Waals surface area contributed by atoms with Gasteiger partial charge >= 0.3 is 0 Å². The van der Waals surface area contributed by atoms with Gasteiger partial charge in [0.25, 0.3) is 5.91 Å². The fourth-order valence-electron chi connectivity index (χ4n) is 3.42.